The van der Waals surface area contributed by atoms with Crippen LogP contribution < -0.4 is 5.32 Å². The van der Waals surface area contributed by atoms with Gasteiger partial charge in [0.2, 0.25) is 5.91 Å². The van der Waals surface area contributed by atoms with Gasteiger partial charge in [-0.1, -0.05) is 25.5 Å². The number of nitrogens with one attached hydrogen (secondary N) is 1. The van der Waals surface area contributed by atoms with E-state index in [0.29, 0.717) is 12.8 Å². The molecule has 0 atom stereocenters. The molecule has 1 aromatic carbocycles. The third-order valence-electron chi connectivity index (χ3n) is 2.38. The van der Waals surface area contributed by atoms with Crippen molar-refractivity contribution in [3.8, 4) is 0 Å². The summed E-state index contributed by atoms with van der Waals surface area (Å²) in [5.74, 6) is -0.207. The lowest BCUT2D eigenvalue weighted by Gasteiger charge is -2.04. The van der Waals surface area contributed by atoms with Crippen LogP contribution in [0, 0.1) is 5.82 Å². The van der Waals surface area contributed by atoms with Gasteiger partial charge in [-0.3, -0.25) is 4.79 Å². The van der Waals surface area contributed by atoms with E-state index in [-0.39, 0.29) is 11.7 Å². The predicted molar refractivity (Wildman–Crippen MR) is 62.6 cm³/mol. The Balaban J connectivity index is 2.26. The molecular formula is C13H18FNO. The number of hydrogen-bond donors (Lipinski definition) is 1. The van der Waals surface area contributed by atoms with Crippen molar-refractivity contribution in [3.05, 3.63) is 35.6 Å². The highest BCUT2D eigenvalue weighted by Gasteiger charge is 2.01. The highest BCUT2D eigenvalue weighted by molar-refractivity contribution is 5.76. The maximum Gasteiger partial charge on any atom is 0.220 e. The molecule has 0 aliphatic heterocycles. The third-order valence-corrected chi connectivity index (χ3v) is 2.38. The van der Waals surface area contributed by atoms with Gasteiger partial charge < -0.3 is 5.32 Å². The van der Waals surface area contributed by atoms with Gasteiger partial charge in [0.15, 0.2) is 0 Å². The first kappa shape index (κ1) is 12.7. The van der Waals surface area contributed by atoms with Gasteiger partial charge in [0.25, 0.3) is 0 Å². The second-order valence-corrected chi connectivity index (χ2v) is 3.83. The van der Waals surface area contributed by atoms with Crippen molar-refractivity contribution in [3.63, 3.8) is 0 Å². The van der Waals surface area contributed by atoms with Gasteiger partial charge in [0.1, 0.15) is 5.82 Å². The number of carbonyl (C=O) groups excluding carboxylic acids is 1. The van der Waals surface area contributed by atoms with E-state index in [1.165, 1.54) is 12.1 Å². The normalized spacial score (nSPS) is 10.1. The summed E-state index contributed by atoms with van der Waals surface area (Å²) in [7, 11) is 0. The molecule has 2 nitrogen and oxygen atoms in total. The second kappa shape index (κ2) is 6.99. The standard InChI is InChI=1S/C13H18FNO/c1-2-3-9-15-13(16)8-7-11-5-4-6-12(14)10-11/h4-6,10H,2-3,7-9H2,1H3,(H,15,16). The van der Waals surface area contributed by atoms with Crippen LogP contribution in [-0.2, 0) is 11.2 Å². The topological polar surface area (TPSA) is 29.1 Å². The highest BCUT2D eigenvalue weighted by atomic mass is 19.1. The van der Waals surface area contributed by atoms with E-state index in [2.05, 4.69) is 12.2 Å². The van der Waals surface area contributed by atoms with Crippen LogP contribution >= 0.6 is 0 Å². The number of amides is 1. The lowest BCUT2D eigenvalue weighted by atomic mass is 10.1. The fraction of sp³-hybridized carbons (Fsp3) is 0.462. The Morgan fingerprint density at radius 3 is 2.94 bits per heavy atom. The van der Waals surface area contributed by atoms with Crippen LogP contribution in [0.2, 0.25) is 0 Å². The Morgan fingerprint density at radius 2 is 2.25 bits per heavy atom. The van der Waals surface area contributed by atoms with Crippen molar-refractivity contribution in [2.75, 3.05) is 6.54 Å². The fourth-order valence-electron chi connectivity index (χ4n) is 1.44. The molecule has 0 saturated heterocycles. The van der Waals surface area contributed by atoms with Crippen LogP contribution in [0.4, 0.5) is 4.39 Å². The van der Waals surface area contributed by atoms with Gasteiger partial charge in [-0.05, 0) is 30.5 Å². The molecule has 1 aromatic rings. The second-order valence-electron chi connectivity index (χ2n) is 3.83. The molecule has 16 heavy (non-hydrogen) atoms. The lowest BCUT2D eigenvalue weighted by molar-refractivity contribution is -0.121. The van der Waals surface area contributed by atoms with Crippen molar-refractivity contribution in [1.82, 2.24) is 5.32 Å². The van der Waals surface area contributed by atoms with Gasteiger partial charge in [-0.2, -0.15) is 0 Å². The Kier molecular flexibility index (Phi) is 5.54. The Morgan fingerprint density at radius 1 is 1.44 bits per heavy atom. The number of hydrogen-bond acceptors (Lipinski definition) is 1. The molecule has 1 rings (SSSR count). The summed E-state index contributed by atoms with van der Waals surface area (Å²) in [6.07, 6.45) is 3.10. The van der Waals surface area contributed by atoms with Crippen LogP contribution in [0.3, 0.4) is 0 Å². The summed E-state index contributed by atoms with van der Waals surface area (Å²) in [6, 6.07) is 6.38. The number of halogens is 1. The summed E-state index contributed by atoms with van der Waals surface area (Å²) in [5, 5.41) is 2.84. The van der Waals surface area contributed by atoms with Gasteiger partial charge in [-0.25, -0.2) is 4.39 Å². The van der Waals surface area contributed by atoms with Gasteiger partial charge >= 0.3 is 0 Å². The zero-order chi connectivity index (χ0) is 11.8. The average molecular weight is 223 g/mol. The van der Waals surface area contributed by atoms with Crippen LogP contribution in [0.15, 0.2) is 24.3 Å². The molecule has 88 valence electrons. The molecule has 0 bridgehead atoms. The smallest absolute Gasteiger partial charge is 0.220 e. The first-order valence-electron chi connectivity index (χ1n) is 5.73. The minimum atomic E-state index is -0.246. The lowest BCUT2D eigenvalue weighted by Crippen LogP contribution is -2.24. The number of carbonyl (C=O) groups is 1. The first-order valence-corrected chi connectivity index (χ1v) is 5.73. The Bertz CT molecular complexity index is 338. The summed E-state index contributed by atoms with van der Waals surface area (Å²) < 4.78 is 12.8. The monoisotopic (exact) mass is 223 g/mol. The molecule has 0 spiro atoms. The summed E-state index contributed by atoms with van der Waals surface area (Å²) in [4.78, 5) is 11.4. The van der Waals surface area contributed by atoms with Crippen LogP contribution in [0.1, 0.15) is 31.7 Å². The zero-order valence-electron chi connectivity index (χ0n) is 9.63. The van der Waals surface area contributed by atoms with E-state index in [9.17, 15) is 9.18 Å². The third kappa shape index (κ3) is 4.91. The van der Waals surface area contributed by atoms with Crippen LogP contribution in [-0.4, -0.2) is 12.5 Å². The molecule has 0 aromatic heterocycles. The minimum Gasteiger partial charge on any atom is -0.356 e. The molecule has 1 N–H and O–H groups in total. The van der Waals surface area contributed by atoms with E-state index >= 15 is 0 Å². The summed E-state index contributed by atoms with van der Waals surface area (Å²) in [5.41, 5.74) is 0.866. The molecule has 0 saturated carbocycles. The zero-order valence-corrected chi connectivity index (χ0v) is 9.63. The SMILES string of the molecule is CCCCNC(=O)CCc1cccc(F)c1. The molecule has 0 heterocycles. The van der Waals surface area contributed by atoms with E-state index in [0.717, 1.165) is 24.9 Å². The van der Waals surface area contributed by atoms with Crippen molar-refractivity contribution in [2.45, 2.75) is 32.6 Å². The molecule has 0 aliphatic rings. The molecule has 3 heteroatoms. The minimum absolute atomic E-state index is 0.0395. The number of rotatable bonds is 6. The van der Waals surface area contributed by atoms with Crippen molar-refractivity contribution in [1.29, 1.82) is 0 Å². The molecule has 0 fully saturated rings. The van der Waals surface area contributed by atoms with E-state index in [1.807, 2.05) is 6.07 Å². The summed E-state index contributed by atoms with van der Waals surface area (Å²) >= 11 is 0. The summed E-state index contributed by atoms with van der Waals surface area (Å²) in [6.45, 7) is 2.82. The van der Waals surface area contributed by atoms with Crippen molar-refractivity contribution >= 4 is 5.91 Å². The molecule has 0 radical (unpaired) electrons. The number of benzene rings is 1. The number of aryl methyl sites for hydroxylation is 1. The predicted octanol–water partition coefficient (Wildman–Crippen LogP) is 2.67. The molecule has 1 amide bonds. The maximum absolute atomic E-state index is 12.8. The molecular weight excluding hydrogens is 205 g/mol. The number of unbranched alkanes of at least 4 members (excludes halogenated alkanes) is 1. The Hall–Kier alpha value is -1.38. The van der Waals surface area contributed by atoms with Gasteiger partial charge in [0, 0.05) is 13.0 Å². The van der Waals surface area contributed by atoms with E-state index in [1.54, 1.807) is 6.07 Å². The first-order chi connectivity index (χ1) is 7.72. The van der Waals surface area contributed by atoms with E-state index < -0.39 is 0 Å². The highest BCUT2D eigenvalue weighted by Crippen LogP contribution is 2.05. The van der Waals surface area contributed by atoms with Crippen molar-refractivity contribution < 1.29 is 9.18 Å². The molecule has 0 aliphatic carbocycles. The van der Waals surface area contributed by atoms with Gasteiger partial charge in [0.05, 0.1) is 0 Å². The van der Waals surface area contributed by atoms with Crippen LogP contribution in [0.25, 0.3) is 0 Å². The van der Waals surface area contributed by atoms with Crippen molar-refractivity contribution in [2.24, 2.45) is 0 Å². The maximum atomic E-state index is 12.8. The Labute approximate surface area is 95.9 Å². The molecule has 0 unspecified atom stereocenters. The quantitative estimate of drug-likeness (QED) is 0.738. The van der Waals surface area contributed by atoms with Gasteiger partial charge in [-0.15, -0.1) is 0 Å². The average Bonchev–Trinajstić information content (AvgIpc) is 2.27. The fourth-order valence-corrected chi connectivity index (χ4v) is 1.44. The van der Waals surface area contributed by atoms with E-state index in [4.69, 9.17) is 0 Å². The van der Waals surface area contributed by atoms with Crippen LogP contribution in [0.5, 0.6) is 0 Å². The largest absolute Gasteiger partial charge is 0.356 e.